The minimum atomic E-state index is 0.645. The third-order valence-electron chi connectivity index (χ3n) is 1.22. The molecule has 0 atom stereocenters. The van der Waals surface area contributed by atoms with E-state index in [4.69, 9.17) is 0 Å². The van der Waals surface area contributed by atoms with Crippen LogP contribution in [0, 0.1) is 11.8 Å². The minimum Gasteiger partial charge on any atom is -0.366 e. The summed E-state index contributed by atoms with van der Waals surface area (Å²) < 4.78 is 0. The lowest BCUT2D eigenvalue weighted by molar-refractivity contribution is 1.16. The Hall–Kier alpha value is -1.50. The summed E-state index contributed by atoms with van der Waals surface area (Å²) in [7, 11) is 6.92. The van der Waals surface area contributed by atoms with E-state index in [1.54, 1.807) is 28.2 Å². The van der Waals surface area contributed by atoms with E-state index >= 15 is 0 Å². The van der Waals surface area contributed by atoms with E-state index in [0.29, 0.717) is 11.7 Å². The molecule has 0 bridgehead atoms. The van der Waals surface area contributed by atoms with Gasteiger partial charge < -0.3 is 10.6 Å². The van der Waals surface area contributed by atoms with Crippen molar-refractivity contribution in [3.8, 4) is 11.8 Å². The second-order valence-corrected chi connectivity index (χ2v) is 1.89. The molecule has 0 saturated heterocycles. The van der Waals surface area contributed by atoms with Crippen LogP contribution >= 0.6 is 0 Å². The van der Waals surface area contributed by atoms with Gasteiger partial charge in [-0.05, 0) is 11.8 Å². The fourth-order valence-corrected chi connectivity index (χ4v) is 0.579. The molecular formula is C8H14N4. The van der Waals surface area contributed by atoms with Crippen LogP contribution in [0.3, 0.4) is 0 Å². The number of hydrogen-bond acceptors (Lipinski definition) is 2. The van der Waals surface area contributed by atoms with Crippen LogP contribution in [-0.4, -0.2) is 39.9 Å². The van der Waals surface area contributed by atoms with Crippen LogP contribution < -0.4 is 10.6 Å². The molecule has 0 aromatic heterocycles. The third-order valence-corrected chi connectivity index (χ3v) is 1.22. The maximum Gasteiger partial charge on any atom is 0.173 e. The largest absolute Gasteiger partial charge is 0.366 e. The zero-order chi connectivity index (χ0) is 9.40. The van der Waals surface area contributed by atoms with Crippen molar-refractivity contribution in [2.45, 2.75) is 0 Å². The van der Waals surface area contributed by atoms with Crippen molar-refractivity contribution < 1.29 is 0 Å². The van der Waals surface area contributed by atoms with Gasteiger partial charge in [-0.1, -0.05) is 0 Å². The van der Waals surface area contributed by atoms with Gasteiger partial charge in [-0.3, -0.25) is 9.98 Å². The van der Waals surface area contributed by atoms with E-state index in [2.05, 4.69) is 32.5 Å². The third kappa shape index (κ3) is 3.62. The van der Waals surface area contributed by atoms with E-state index in [1.807, 2.05) is 0 Å². The molecule has 0 fully saturated rings. The molecule has 4 heteroatoms. The van der Waals surface area contributed by atoms with Crippen molar-refractivity contribution in [3.05, 3.63) is 0 Å². The smallest absolute Gasteiger partial charge is 0.173 e. The van der Waals surface area contributed by atoms with Crippen molar-refractivity contribution in [1.29, 1.82) is 0 Å². The van der Waals surface area contributed by atoms with Gasteiger partial charge in [-0.25, -0.2) is 0 Å². The Kier molecular flexibility index (Phi) is 5.45. The van der Waals surface area contributed by atoms with Crippen molar-refractivity contribution in [3.63, 3.8) is 0 Å². The number of amidine groups is 2. The van der Waals surface area contributed by atoms with Gasteiger partial charge in [-0.2, -0.15) is 0 Å². The molecule has 4 nitrogen and oxygen atoms in total. The summed E-state index contributed by atoms with van der Waals surface area (Å²) in [4.78, 5) is 7.79. The SMILES string of the molecule is CN=C(C#CC(=NC)NC)NC. The molecule has 0 unspecified atom stereocenters. The first-order chi connectivity index (χ1) is 5.78. The van der Waals surface area contributed by atoms with Gasteiger partial charge in [0.15, 0.2) is 11.7 Å². The van der Waals surface area contributed by atoms with E-state index in [-0.39, 0.29) is 0 Å². The quantitative estimate of drug-likeness (QED) is 0.289. The van der Waals surface area contributed by atoms with Gasteiger partial charge in [0, 0.05) is 28.2 Å². The van der Waals surface area contributed by atoms with Crippen molar-refractivity contribution in [2.75, 3.05) is 28.2 Å². The standard InChI is InChI=1S/C8H14N4/c1-9-7(10-2)5-6-8(11-3)12-4/h1-4H3,(H,9,10)(H,11,12). The number of rotatable bonds is 0. The summed E-state index contributed by atoms with van der Waals surface area (Å²) >= 11 is 0. The molecule has 0 spiro atoms. The zero-order valence-electron chi connectivity index (χ0n) is 7.89. The Morgan fingerprint density at radius 3 is 1.42 bits per heavy atom. The molecule has 0 aromatic carbocycles. The second kappa shape index (κ2) is 6.23. The number of nitrogens with one attached hydrogen (secondary N) is 2. The molecule has 0 amide bonds. The molecular weight excluding hydrogens is 152 g/mol. The Morgan fingerprint density at radius 1 is 0.917 bits per heavy atom. The lowest BCUT2D eigenvalue weighted by Gasteiger charge is -1.94. The van der Waals surface area contributed by atoms with Crippen LogP contribution in [0.25, 0.3) is 0 Å². The Bertz CT molecular complexity index is 218. The van der Waals surface area contributed by atoms with Gasteiger partial charge in [0.2, 0.25) is 0 Å². The Labute approximate surface area is 73.2 Å². The summed E-state index contributed by atoms with van der Waals surface area (Å²) in [5, 5.41) is 5.70. The highest BCUT2D eigenvalue weighted by Gasteiger charge is 1.86. The van der Waals surface area contributed by atoms with Crippen LogP contribution in [0.4, 0.5) is 0 Å². The van der Waals surface area contributed by atoms with Crippen LogP contribution in [0.15, 0.2) is 9.98 Å². The zero-order valence-corrected chi connectivity index (χ0v) is 7.89. The fraction of sp³-hybridized carbons (Fsp3) is 0.500. The first-order valence-electron chi connectivity index (χ1n) is 3.59. The lowest BCUT2D eigenvalue weighted by Crippen LogP contribution is -2.19. The summed E-state index contributed by atoms with van der Waals surface area (Å²) in [6, 6.07) is 0. The Morgan fingerprint density at radius 2 is 1.25 bits per heavy atom. The highest BCUT2D eigenvalue weighted by atomic mass is 15.0. The molecule has 66 valence electrons. The molecule has 0 aromatic rings. The fourth-order valence-electron chi connectivity index (χ4n) is 0.579. The number of hydrogen-bond donors (Lipinski definition) is 2. The van der Waals surface area contributed by atoms with E-state index in [9.17, 15) is 0 Å². The Balaban J connectivity index is 4.37. The van der Waals surface area contributed by atoms with E-state index < -0.39 is 0 Å². The first kappa shape index (κ1) is 10.5. The maximum absolute atomic E-state index is 3.90. The van der Waals surface area contributed by atoms with Gasteiger partial charge in [0.25, 0.3) is 0 Å². The maximum atomic E-state index is 3.90. The van der Waals surface area contributed by atoms with E-state index in [0.717, 1.165) is 0 Å². The lowest BCUT2D eigenvalue weighted by atomic mass is 10.5. The van der Waals surface area contributed by atoms with Crippen LogP contribution in [0.1, 0.15) is 0 Å². The summed E-state index contributed by atoms with van der Waals surface area (Å²) in [5.74, 6) is 6.92. The highest BCUT2D eigenvalue weighted by Crippen LogP contribution is 1.69. The average Bonchev–Trinajstić information content (AvgIpc) is 2.13. The van der Waals surface area contributed by atoms with Crippen LogP contribution in [-0.2, 0) is 0 Å². The number of aliphatic imine (C=N–C) groups is 2. The number of nitrogens with zero attached hydrogens (tertiary/aromatic N) is 2. The predicted molar refractivity (Wildman–Crippen MR) is 52.6 cm³/mol. The van der Waals surface area contributed by atoms with Crippen LogP contribution in [0.5, 0.6) is 0 Å². The molecule has 0 radical (unpaired) electrons. The molecule has 0 rings (SSSR count). The summed E-state index contributed by atoms with van der Waals surface area (Å²) in [5.41, 5.74) is 0. The average molecular weight is 166 g/mol. The molecule has 0 aliphatic heterocycles. The van der Waals surface area contributed by atoms with Gasteiger partial charge in [0.1, 0.15) is 0 Å². The molecule has 0 aliphatic rings. The summed E-state index contributed by atoms with van der Waals surface area (Å²) in [6.45, 7) is 0. The monoisotopic (exact) mass is 166 g/mol. The van der Waals surface area contributed by atoms with Gasteiger partial charge in [0.05, 0.1) is 0 Å². The van der Waals surface area contributed by atoms with Gasteiger partial charge >= 0.3 is 0 Å². The molecule has 0 saturated carbocycles. The molecule has 0 heterocycles. The van der Waals surface area contributed by atoms with E-state index in [1.165, 1.54) is 0 Å². The summed E-state index contributed by atoms with van der Waals surface area (Å²) in [6.07, 6.45) is 0. The van der Waals surface area contributed by atoms with Crippen molar-refractivity contribution in [2.24, 2.45) is 9.98 Å². The minimum absolute atomic E-state index is 0.645. The normalized spacial score (nSPS) is 11.7. The first-order valence-corrected chi connectivity index (χ1v) is 3.59. The van der Waals surface area contributed by atoms with Crippen molar-refractivity contribution >= 4 is 11.7 Å². The highest BCUT2D eigenvalue weighted by molar-refractivity contribution is 6.07. The topological polar surface area (TPSA) is 48.8 Å². The second-order valence-electron chi connectivity index (χ2n) is 1.89. The molecule has 2 N–H and O–H groups in total. The molecule has 12 heavy (non-hydrogen) atoms. The van der Waals surface area contributed by atoms with Crippen LogP contribution in [0.2, 0.25) is 0 Å². The molecule has 0 aliphatic carbocycles. The van der Waals surface area contributed by atoms with Gasteiger partial charge in [-0.15, -0.1) is 0 Å². The van der Waals surface area contributed by atoms with Crippen molar-refractivity contribution in [1.82, 2.24) is 10.6 Å². The predicted octanol–water partition coefficient (Wildman–Crippen LogP) is -0.515.